The first kappa shape index (κ1) is 21.9. The van der Waals surface area contributed by atoms with Crippen LogP contribution in [-0.2, 0) is 26.3 Å². The van der Waals surface area contributed by atoms with Crippen LogP contribution in [0, 0.1) is 5.82 Å². The van der Waals surface area contributed by atoms with Crippen molar-refractivity contribution < 1.29 is 27.1 Å². The molecule has 1 fully saturated rings. The van der Waals surface area contributed by atoms with Crippen LogP contribution >= 0.6 is 0 Å². The summed E-state index contributed by atoms with van der Waals surface area (Å²) in [6, 6.07) is 11.7. The number of benzene rings is 2. The molecule has 0 bridgehead atoms. The number of ether oxygens (including phenoxy) is 1. The van der Waals surface area contributed by atoms with Gasteiger partial charge in [-0.2, -0.15) is 17.0 Å². The van der Waals surface area contributed by atoms with Crippen molar-refractivity contribution in [2.24, 2.45) is 0 Å². The van der Waals surface area contributed by atoms with E-state index in [4.69, 9.17) is 0 Å². The molecular formula is C20H22FN3O5S. The molecule has 0 aromatic heterocycles. The molecule has 2 aromatic carbocycles. The molecule has 8 nitrogen and oxygen atoms in total. The maximum Gasteiger partial charge on any atom is 0.337 e. The van der Waals surface area contributed by atoms with Gasteiger partial charge in [0.1, 0.15) is 5.82 Å². The lowest BCUT2D eigenvalue weighted by atomic mass is 10.2. The zero-order valence-electron chi connectivity index (χ0n) is 16.4. The third-order valence-electron chi connectivity index (χ3n) is 4.65. The van der Waals surface area contributed by atoms with Gasteiger partial charge >= 0.3 is 5.97 Å². The SMILES string of the molecule is COC(=O)c1ccc(NC(=O)CN2CCCN(Cc3ccc(F)cc3)S2(=O)=O)cc1. The summed E-state index contributed by atoms with van der Waals surface area (Å²) in [4.78, 5) is 23.8. The third kappa shape index (κ3) is 5.21. The van der Waals surface area contributed by atoms with Crippen molar-refractivity contribution in [2.45, 2.75) is 13.0 Å². The Morgan fingerprint density at radius 2 is 1.67 bits per heavy atom. The smallest absolute Gasteiger partial charge is 0.337 e. The van der Waals surface area contributed by atoms with Gasteiger partial charge in [0.05, 0.1) is 19.2 Å². The Kier molecular flexibility index (Phi) is 6.80. The summed E-state index contributed by atoms with van der Waals surface area (Å²) >= 11 is 0. The lowest BCUT2D eigenvalue weighted by Gasteiger charge is -2.34. The van der Waals surface area contributed by atoms with E-state index in [0.717, 1.165) is 4.31 Å². The van der Waals surface area contributed by atoms with Gasteiger partial charge in [-0.05, 0) is 48.4 Å². The first-order chi connectivity index (χ1) is 14.3. The lowest BCUT2D eigenvalue weighted by molar-refractivity contribution is -0.116. The second-order valence-corrected chi connectivity index (χ2v) is 8.70. The van der Waals surface area contributed by atoms with Crippen molar-refractivity contribution in [3.8, 4) is 0 Å². The molecule has 3 rings (SSSR count). The topological polar surface area (TPSA) is 96.0 Å². The fourth-order valence-electron chi connectivity index (χ4n) is 3.10. The molecule has 1 N–H and O–H groups in total. The molecule has 1 aliphatic rings. The Morgan fingerprint density at radius 3 is 2.30 bits per heavy atom. The molecule has 0 spiro atoms. The van der Waals surface area contributed by atoms with Crippen LogP contribution in [0.25, 0.3) is 0 Å². The summed E-state index contributed by atoms with van der Waals surface area (Å²) in [6.45, 7) is 0.334. The van der Waals surface area contributed by atoms with Gasteiger partial charge in [-0.25, -0.2) is 9.18 Å². The maximum absolute atomic E-state index is 13.1. The molecule has 10 heteroatoms. The molecule has 160 valence electrons. The van der Waals surface area contributed by atoms with Crippen LogP contribution in [0.1, 0.15) is 22.3 Å². The minimum Gasteiger partial charge on any atom is -0.465 e. The number of esters is 1. The highest BCUT2D eigenvalue weighted by Crippen LogP contribution is 2.20. The van der Waals surface area contributed by atoms with E-state index < -0.39 is 27.9 Å². The third-order valence-corrected chi connectivity index (χ3v) is 6.58. The Bertz CT molecular complexity index is 1010. The van der Waals surface area contributed by atoms with Crippen molar-refractivity contribution in [1.29, 1.82) is 0 Å². The van der Waals surface area contributed by atoms with E-state index in [0.29, 0.717) is 29.8 Å². The molecular weight excluding hydrogens is 413 g/mol. The predicted octanol–water partition coefficient (Wildman–Crippen LogP) is 2.00. The van der Waals surface area contributed by atoms with Gasteiger partial charge in [0.25, 0.3) is 10.2 Å². The largest absolute Gasteiger partial charge is 0.465 e. The summed E-state index contributed by atoms with van der Waals surface area (Å²) in [5.74, 6) is -1.38. The number of hydrogen-bond acceptors (Lipinski definition) is 5. The standard InChI is InChI=1S/C20H22FN3O5S/c1-29-20(26)16-5-9-18(10-6-16)22-19(25)14-24-12-2-11-23(30(24,27)28)13-15-3-7-17(21)8-4-15/h3-10H,2,11-14H2,1H3,(H,22,25). The first-order valence-electron chi connectivity index (χ1n) is 9.27. The number of halogens is 1. The van der Waals surface area contributed by atoms with Crippen LogP contribution in [0.4, 0.5) is 10.1 Å². The average molecular weight is 435 g/mol. The number of nitrogens with zero attached hydrogens (tertiary/aromatic N) is 2. The van der Waals surface area contributed by atoms with E-state index in [1.807, 2.05) is 0 Å². The lowest BCUT2D eigenvalue weighted by Crippen LogP contribution is -2.51. The Balaban J connectivity index is 1.62. The van der Waals surface area contributed by atoms with Crippen LogP contribution < -0.4 is 5.32 Å². The van der Waals surface area contributed by atoms with E-state index in [-0.39, 0.29) is 19.6 Å². The van der Waals surface area contributed by atoms with Crippen molar-refractivity contribution >= 4 is 27.8 Å². The van der Waals surface area contributed by atoms with Crippen LogP contribution in [0.15, 0.2) is 48.5 Å². The molecule has 0 aliphatic carbocycles. The number of hydrogen-bond donors (Lipinski definition) is 1. The number of rotatable bonds is 6. The summed E-state index contributed by atoms with van der Waals surface area (Å²) in [5, 5.41) is 2.62. The highest BCUT2D eigenvalue weighted by molar-refractivity contribution is 7.86. The first-order valence-corrected chi connectivity index (χ1v) is 10.7. The zero-order chi connectivity index (χ0) is 21.7. The van der Waals surface area contributed by atoms with Crippen LogP contribution in [0.5, 0.6) is 0 Å². The van der Waals surface area contributed by atoms with Crippen molar-refractivity contribution in [3.63, 3.8) is 0 Å². The fraction of sp³-hybridized carbons (Fsp3) is 0.300. The maximum atomic E-state index is 13.1. The molecule has 1 saturated heterocycles. The molecule has 1 aliphatic heterocycles. The zero-order valence-corrected chi connectivity index (χ0v) is 17.2. The van der Waals surface area contributed by atoms with Gasteiger partial charge in [-0.15, -0.1) is 0 Å². The minimum atomic E-state index is -3.83. The number of anilines is 1. The van der Waals surface area contributed by atoms with E-state index in [2.05, 4.69) is 10.1 Å². The van der Waals surface area contributed by atoms with Gasteiger partial charge in [0.15, 0.2) is 0 Å². The van der Waals surface area contributed by atoms with Gasteiger partial charge < -0.3 is 10.1 Å². The van der Waals surface area contributed by atoms with Crippen LogP contribution in [-0.4, -0.2) is 55.6 Å². The highest BCUT2D eigenvalue weighted by Gasteiger charge is 2.34. The highest BCUT2D eigenvalue weighted by atomic mass is 32.2. The van der Waals surface area contributed by atoms with Gasteiger partial charge in [-0.3, -0.25) is 4.79 Å². The second-order valence-electron chi connectivity index (χ2n) is 6.77. The molecule has 0 saturated carbocycles. The van der Waals surface area contributed by atoms with Crippen molar-refractivity contribution in [1.82, 2.24) is 8.61 Å². The van der Waals surface area contributed by atoms with E-state index >= 15 is 0 Å². The quantitative estimate of drug-likeness (QED) is 0.701. The monoisotopic (exact) mass is 435 g/mol. The molecule has 1 heterocycles. The molecule has 0 radical (unpaired) electrons. The summed E-state index contributed by atoms with van der Waals surface area (Å²) in [6.07, 6.45) is 0.571. The van der Waals surface area contributed by atoms with Gasteiger partial charge in [-0.1, -0.05) is 12.1 Å². The minimum absolute atomic E-state index is 0.107. The van der Waals surface area contributed by atoms with E-state index in [1.165, 1.54) is 59.9 Å². The van der Waals surface area contributed by atoms with Gasteiger partial charge in [0, 0.05) is 25.3 Å². The number of methoxy groups -OCH3 is 1. The number of carbonyl (C=O) groups excluding carboxylic acids is 2. The summed E-state index contributed by atoms with van der Waals surface area (Å²) in [5.41, 5.74) is 1.44. The molecule has 30 heavy (non-hydrogen) atoms. The molecule has 2 aromatic rings. The van der Waals surface area contributed by atoms with Crippen LogP contribution in [0.3, 0.4) is 0 Å². The summed E-state index contributed by atoms with van der Waals surface area (Å²) in [7, 11) is -2.56. The second kappa shape index (κ2) is 9.33. The number of amides is 1. The Morgan fingerprint density at radius 1 is 1.03 bits per heavy atom. The summed E-state index contributed by atoms with van der Waals surface area (Å²) < 4.78 is 45.8. The molecule has 0 atom stereocenters. The fourth-order valence-corrected chi connectivity index (χ4v) is 4.74. The normalized spacial score (nSPS) is 16.7. The van der Waals surface area contributed by atoms with E-state index in [9.17, 15) is 22.4 Å². The molecule has 0 unspecified atom stereocenters. The van der Waals surface area contributed by atoms with Crippen molar-refractivity contribution in [2.75, 3.05) is 32.1 Å². The Hall–Kier alpha value is -2.82. The predicted molar refractivity (Wildman–Crippen MR) is 108 cm³/mol. The number of nitrogens with one attached hydrogen (secondary N) is 1. The van der Waals surface area contributed by atoms with Gasteiger partial charge in [0.2, 0.25) is 5.91 Å². The van der Waals surface area contributed by atoms with Crippen molar-refractivity contribution in [3.05, 3.63) is 65.5 Å². The van der Waals surface area contributed by atoms with Crippen LogP contribution in [0.2, 0.25) is 0 Å². The van der Waals surface area contributed by atoms with E-state index in [1.54, 1.807) is 0 Å². The average Bonchev–Trinajstić information content (AvgIpc) is 2.72. The Labute approximate surface area is 174 Å². The number of carbonyl (C=O) groups is 2. The molecule has 1 amide bonds.